The van der Waals surface area contributed by atoms with Crippen molar-refractivity contribution in [2.24, 2.45) is 0 Å². The molecular formula is C31H33NO3. The minimum atomic E-state index is 0.104. The second kappa shape index (κ2) is 11.5. The molecule has 1 fully saturated rings. The third-order valence-corrected chi connectivity index (χ3v) is 6.82. The van der Waals surface area contributed by atoms with Gasteiger partial charge in [0.05, 0.1) is 12.7 Å². The van der Waals surface area contributed by atoms with Crippen molar-refractivity contribution in [3.63, 3.8) is 0 Å². The zero-order valence-corrected chi connectivity index (χ0v) is 20.0. The molecule has 1 aliphatic rings. The van der Waals surface area contributed by atoms with E-state index >= 15 is 0 Å². The molecule has 0 aliphatic carbocycles. The predicted octanol–water partition coefficient (Wildman–Crippen LogP) is 5.62. The van der Waals surface area contributed by atoms with Crippen molar-refractivity contribution in [3.8, 4) is 5.75 Å². The van der Waals surface area contributed by atoms with Crippen LogP contribution >= 0.6 is 0 Å². The van der Waals surface area contributed by atoms with Gasteiger partial charge in [0.1, 0.15) is 12.4 Å². The summed E-state index contributed by atoms with van der Waals surface area (Å²) in [5.41, 5.74) is 4.75. The Hall–Kier alpha value is -3.18. The summed E-state index contributed by atoms with van der Waals surface area (Å²) in [6, 6.07) is 31.6. The first kappa shape index (κ1) is 23.6. The fraction of sp³-hybridized carbons (Fsp3) is 0.290. The average molecular weight is 468 g/mol. The highest BCUT2D eigenvalue weighted by atomic mass is 16.5. The number of hydrogen-bond acceptors (Lipinski definition) is 4. The Bertz CT molecular complexity index is 1220. The predicted molar refractivity (Wildman–Crippen MR) is 141 cm³/mol. The molecule has 1 heterocycles. The van der Waals surface area contributed by atoms with Gasteiger partial charge >= 0.3 is 0 Å². The van der Waals surface area contributed by atoms with Gasteiger partial charge < -0.3 is 19.9 Å². The maximum absolute atomic E-state index is 9.20. The molecule has 180 valence electrons. The molecule has 0 spiro atoms. The van der Waals surface area contributed by atoms with Crippen LogP contribution in [0.2, 0.25) is 0 Å². The van der Waals surface area contributed by atoms with E-state index in [2.05, 4.69) is 78.1 Å². The molecule has 0 saturated carbocycles. The zero-order chi connectivity index (χ0) is 23.9. The van der Waals surface area contributed by atoms with Crippen molar-refractivity contribution in [1.82, 2.24) is 5.32 Å². The lowest BCUT2D eigenvalue weighted by atomic mass is 9.87. The summed E-state index contributed by atoms with van der Waals surface area (Å²) in [6.07, 6.45) is 1.85. The van der Waals surface area contributed by atoms with Crippen molar-refractivity contribution in [2.45, 2.75) is 38.1 Å². The molecule has 2 N–H and O–H groups in total. The standard InChI is InChI=1S/C31H33NO3/c33-17-15-23-10-12-26(13-11-23)29-14-16-32-20-31(29)35-22-25-18-27-8-4-5-9-28(27)30(19-25)34-21-24-6-2-1-3-7-24/h1-13,18-19,29,31-33H,14-17,20-22H2. The highest BCUT2D eigenvalue weighted by molar-refractivity contribution is 5.89. The molecule has 4 nitrogen and oxygen atoms in total. The van der Waals surface area contributed by atoms with Crippen LogP contribution in [0.4, 0.5) is 0 Å². The minimum absolute atomic E-state index is 0.104. The van der Waals surface area contributed by atoms with E-state index in [1.807, 2.05) is 18.2 Å². The van der Waals surface area contributed by atoms with E-state index in [1.165, 1.54) is 11.1 Å². The van der Waals surface area contributed by atoms with Crippen LogP contribution in [-0.4, -0.2) is 30.9 Å². The van der Waals surface area contributed by atoms with Crippen LogP contribution in [0.1, 0.15) is 34.6 Å². The highest BCUT2D eigenvalue weighted by Crippen LogP contribution is 2.31. The summed E-state index contributed by atoms with van der Waals surface area (Å²) in [5, 5.41) is 15.0. The molecule has 1 aliphatic heterocycles. The number of piperidine rings is 1. The topological polar surface area (TPSA) is 50.7 Å². The lowest BCUT2D eigenvalue weighted by Crippen LogP contribution is -2.40. The van der Waals surface area contributed by atoms with Gasteiger partial charge in [-0.2, -0.15) is 0 Å². The van der Waals surface area contributed by atoms with E-state index in [4.69, 9.17) is 9.47 Å². The molecular weight excluding hydrogens is 434 g/mol. The number of ether oxygens (including phenoxy) is 2. The first-order chi connectivity index (χ1) is 17.3. The summed E-state index contributed by atoms with van der Waals surface area (Å²) < 4.78 is 12.8. The van der Waals surface area contributed by atoms with E-state index in [9.17, 15) is 5.11 Å². The van der Waals surface area contributed by atoms with Crippen LogP contribution in [0, 0.1) is 0 Å². The molecule has 0 aromatic heterocycles. The Labute approximate surface area is 207 Å². The first-order valence-corrected chi connectivity index (χ1v) is 12.5. The third-order valence-electron chi connectivity index (χ3n) is 6.82. The lowest BCUT2D eigenvalue weighted by molar-refractivity contribution is 0.0106. The van der Waals surface area contributed by atoms with Gasteiger partial charge in [0.25, 0.3) is 0 Å². The number of aliphatic hydroxyl groups is 1. The Kier molecular flexibility index (Phi) is 7.74. The van der Waals surface area contributed by atoms with E-state index in [0.29, 0.717) is 25.6 Å². The highest BCUT2D eigenvalue weighted by Gasteiger charge is 2.27. The number of hydrogen-bond donors (Lipinski definition) is 2. The fourth-order valence-electron chi connectivity index (χ4n) is 4.92. The monoisotopic (exact) mass is 467 g/mol. The molecule has 2 unspecified atom stereocenters. The second-order valence-corrected chi connectivity index (χ2v) is 9.25. The molecule has 0 amide bonds. The van der Waals surface area contributed by atoms with Gasteiger partial charge in [-0.05, 0) is 59.2 Å². The normalized spacial score (nSPS) is 18.0. The minimum Gasteiger partial charge on any atom is -0.488 e. The molecule has 4 heteroatoms. The Morgan fingerprint density at radius 2 is 1.60 bits per heavy atom. The van der Waals surface area contributed by atoms with Gasteiger partial charge in [0.2, 0.25) is 0 Å². The number of benzene rings is 4. The second-order valence-electron chi connectivity index (χ2n) is 9.25. The van der Waals surface area contributed by atoms with Crippen LogP contribution in [0.5, 0.6) is 5.75 Å². The van der Waals surface area contributed by atoms with Gasteiger partial charge in [-0.25, -0.2) is 0 Å². The first-order valence-electron chi connectivity index (χ1n) is 12.5. The molecule has 0 radical (unpaired) electrons. The average Bonchev–Trinajstić information content (AvgIpc) is 2.92. The largest absolute Gasteiger partial charge is 0.488 e. The van der Waals surface area contributed by atoms with Crippen LogP contribution in [0.25, 0.3) is 10.8 Å². The fourth-order valence-corrected chi connectivity index (χ4v) is 4.92. The molecule has 35 heavy (non-hydrogen) atoms. The van der Waals surface area contributed by atoms with E-state index < -0.39 is 0 Å². The van der Waals surface area contributed by atoms with Crippen molar-refractivity contribution in [1.29, 1.82) is 0 Å². The summed E-state index contributed by atoms with van der Waals surface area (Å²) in [6.45, 7) is 3.10. The lowest BCUT2D eigenvalue weighted by Gasteiger charge is -2.32. The van der Waals surface area contributed by atoms with E-state index in [0.717, 1.165) is 47.2 Å². The van der Waals surface area contributed by atoms with Crippen molar-refractivity contribution < 1.29 is 14.6 Å². The number of aliphatic hydroxyl groups excluding tert-OH is 1. The molecule has 0 bridgehead atoms. The van der Waals surface area contributed by atoms with Gasteiger partial charge in [-0.1, -0.05) is 78.9 Å². The van der Waals surface area contributed by atoms with Crippen molar-refractivity contribution >= 4 is 10.8 Å². The van der Waals surface area contributed by atoms with Crippen molar-refractivity contribution in [2.75, 3.05) is 19.7 Å². The smallest absolute Gasteiger partial charge is 0.127 e. The summed E-state index contributed by atoms with van der Waals surface area (Å²) in [4.78, 5) is 0. The third kappa shape index (κ3) is 5.91. The van der Waals surface area contributed by atoms with E-state index in [-0.39, 0.29) is 12.7 Å². The van der Waals surface area contributed by atoms with Gasteiger partial charge in [-0.3, -0.25) is 0 Å². The molecule has 4 aromatic carbocycles. The SMILES string of the molecule is OCCc1ccc(C2CCNCC2OCc2cc(OCc3ccccc3)c3ccccc3c2)cc1. The summed E-state index contributed by atoms with van der Waals surface area (Å²) in [7, 11) is 0. The molecule has 4 aromatic rings. The molecule has 2 atom stereocenters. The van der Waals surface area contributed by atoms with Crippen molar-refractivity contribution in [3.05, 3.63) is 113 Å². The van der Waals surface area contributed by atoms with Gasteiger partial charge in [-0.15, -0.1) is 0 Å². The summed E-state index contributed by atoms with van der Waals surface area (Å²) in [5.74, 6) is 1.25. The quantitative estimate of drug-likeness (QED) is 0.336. The van der Waals surface area contributed by atoms with E-state index in [1.54, 1.807) is 0 Å². The zero-order valence-electron chi connectivity index (χ0n) is 20.0. The Balaban J connectivity index is 1.31. The maximum atomic E-state index is 9.20. The van der Waals surface area contributed by atoms with Crippen LogP contribution in [0.3, 0.4) is 0 Å². The Morgan fingerprint density at radius 1 is 0.800 bits per heavy atom. The maximum Gasteiger partial charge on any atom is 0.127 e. The number of rotatable bonds is 9. The van der Waals surface area contributed by atoms with Crippen LogP contribution < -0.4 is 10.1 Å². The molecule has 1 saturated heterocycles. The van der Waals surface area contributed by atoms with Crippen LogP contribution in [0.15, 0.2) is 91.0 Å². The number of nitrogens with one attached hydrogen (secondary N) is 1. The Morgan fingerprint density at radius 3 is 2.43 bits per heavy atom. The molecule has 5 rings (SSSR count). The van der Waals surface area contributed by atoms with Gasteiger partial charge in [0, 0.05) is 24.5 Å². The van der Waals surface area contributed by atoms with Gasteiger partial charge in [0.15, 0.2) is 0 Å². The van der Waals surface area contributed by atoms with Crippen LogP contribution in [-0.2, 0) is 24.4 Å². The summed E-state index contributed by atoms with van der Waals surface area (Å²) >= 11 is 0. The number of fused-ring (bicyclic) bond motifs is 1.